The number of benzene rings is 1. The van der Waals surface area contributed by atoms with Crippen molar-refractivity contribution in [3.8, 4) is 0 Å². The number of nitrogens with zero attached hydrogens (tertiary/aromatic N) is 3. The zero-order valence-electron chi connectivity index (χ0n) is 16.4. The lowest BCUT2D eigenvalue weighted by atomic mass is 9.91. The molecule has 1 saturated carbocycles. The van der Waals surface area contributed by atoms with Gasteiger partial charge in [-0.3, -0.25) is 4.90 Å². The number of hydrogen-bond acceptors (Lipinski definition) is 5. The van der Waals surface area contributed by atoms with E-state index in [-0.39, 0.29) is 4.88 Å². The third-order valence-electron chi connectivity index (χ3n) is 6.22. The summed E-state index contributed by atoms with van der Waals surface area (Å²) in [5.41, 5.74) is 1.33. The Labute approximate surface area is 177 Å². The molecule has 2 fully saturated rings. The van der Waals surface area contributed by atoms with Gasteiger partial charge in [-0.2, -0.15) is 13.2 Å². The predicted octanol–water partition coefficient (Wildman–Crippen LogP) is 5.12. The Balaban J connectivity index is 1.31. The van der Waals surface area contributed by atoms with Gasteiger partial charge in [0.25, 0.3) is 0 Å². The maximum atomic E-state index is 12.8. The van der Waals surface area contributed by atoms with E-state index in [4.69, 9.17) is 0 Å². The fourth-order valence-electron chi connectivity index (χ4n) is 4.99. The monoisotopic (exact) mass is 432 g/mol. The Hall–Kier alpha value is -2.19. The number of aromatic nitrogens is 2. The zero-order valence-corrected chi connectivity index (χ0v) is 17.2. The summed E-state index contributed by atoms with van der Waals surface area (Å²) in [6.07, 6.45) is -1.34. The predicted molar refractivity (Wildman–Crippen MR) is 113 cm³/mol. The first kappa shape index (κ1) is 19.8. The molecule has 0 spiro atoms. The van der Waals surface area contributed by atoms with Gasteiger partial charge < -0.3 is 5.32 Å². The molecule has 2 aromatic heterocycles. The van der Waals surface area contributed by atoms with Crippen molar-refractivity contribution >= 4 is 27.4 Å². The van der Waals surface area contributed by atoms with Gasteiger partial charge in [0.05, 0.1) is 11.8 Å². The Morgan fingerprint density at radius 1 is 1.07 bits per heavy atom. The molecule has 2 atom stereocenters. The van der Waals surface area contributed by atoms with Crippen molar-refractivity contribution in [3.63, 3.8) is 0 Å². The molecule has 1 saturated heterocycles. The van der Waals surface area contributed by atoms with Crippen LogP contribution in [0.25, 0.3) is 10.2 Å². The van der Waals surface area contributed by atoms with E-state index in [2.05, 4.69) is 44.5 Å². The van der Waals surface area contributed by atoms with Crippen molar-refractivity contribution in [2.24, 2.45) is 11.8 Å². The van der Waals surface area contributed by atoms with Gasteiger partial charge in [0.15, 0.2) is 0 Å². The van der Waals surface area contributed by atoms with Crippen molar-refractivity contribution in [1.82, 2.24) is 14.9 Å². The molecule has 30 heavy (non-hydrogen) atoms. The van der Waals surface area contributed by atoms with Gasteiger partial charge in [-0.1, -0.05) is 30.3 Å². The molecule has 0 radical (unpaired) electrons. The fraction of sp³-hybridized carbons (Fsp3) is 0.455. The quantitative estimate of drug-likeness (QED) is 0.608. The van der Waals surface area contributed by atoms with Gasteiger partial charge in [-0.15, -0.1) is 11.3 Å². The maximum absolute atomic E-state index is 12.8. The maximum Gasteiger partial charge on any atom is 0.393 e. The molecule has 1 aromatic carbocycles. The summed E-state index contributed by atoms with van der Waals surface area (Å²) in [7, 11) is 0. The van der Waals surface area contributed by atoms with Crippen LogP contribution in [0.15, 0.2) is 42.7 Å². The third-order valence-corrected chi connectivity index (χ3v) is 7.26. The number of hydrogen-bond donors (Lipinski definition) is 1. The molecule has 5 rings (SSSR count). The minimum absolute atomic E-state index is 0.279. The highest BCUT2D eigenvalue weighted by Gasteiger charge is 2.42. The molecule has 0 amide bonds. The lowest BCUT2D eigenvalue weighted by molar-refractivity contribution is -0.126. The van der Waals surface area contributed by atoms with Crippen molar-refractivity contribution < 1.29 is 13.2 Å². The average molecular weight is 433 g/mol. The molecule has 3 heterocycles. The summed E-state index contributed by atoms with van der Waals surface area (Å²) in [4.78, 5) is 12.0. The minimum Gasteiger partial charge on any atom is -0.366 e. The smallest absolute Gasteiger partial charge is 0.366 e. The second-order valence-corrected chi connectivity index (χ2v) is 9.51. The zero-order chi connectivity index (χ0) is 20.7. The number of anilines is 1. The number of alkyl halides is 3. The number of piperidine rings is 1. The SMILES string of the molecule is FC(F)(F)Cc1cc2c(NC3C4CCC3CN(Cc3ccccc3)C4)ncnc2s1. The minimum atomic E-state index is -4.22. The number of likely N-dealkylation sites (tertiary alicyclic amines) is 1. The highest BCUT2D eigenvalue weighted by molar-refractivity contribution is 7.18. The topological polar surface area (TPSA) is 41.0 Å². The molecular formula is C22H23F3N4S. The van der Waals surface area contributed by atoms with Crippen LogP contribution in [-0.4, -0.2) is 40.2 Å². The Morgan fingerprint density at radius 2 is 1.80 bits per heavy atom. The second-order valence-electron chi connectivity index (χ2n) is 8.39. The van der Waals surface area contributed by atoms with Crippen LogP contribution in [0.2, 0.25) is 0 Å². The first-order valence-corrected chi connectivity index (χ1v) is 11.1. The van der Waals surface area contributed by atoms with Crippen molar-refractivity contribution in [2.45, 2.75) is 38.0 Å². The molecule has 1 aliphatic carbocycles. The van der Waals surface area contributed by atoms with E-state index < -0.39 is 12.6 Å². The first-order valence-electron chi connectivity index (χ1n) is 10.3. The highest BCUT2D eigenvalue weighted by atomic mass is 32.1. The normalized spacial score (nSPS) is 24.4. The Kier molecular flexibility index (Phi) is 5.14. The molecule has 2 aliphatic rings. The van der Waals surface area contributed by atoms with Crippen molar-refractivity contribution in [2.75, 3.05) is 18.4 Å². The van der Waals surface area contributed by atoms with E-state index in [9.17, 15) is 13.2 Å². The van der Waals surface area contributed by atoms with Gasteiger partial charge in [-0.05, 0) is 36.3 Å². The molecule has 8 heteroatoms. The third kappa shape index (κ3) is 4.16. The molecule has 1 N–H and O–H groups in total. The molecule has 1 aliphatic heterocycles. The van der Waals surface area contributed by atoms with E-state index in [0.29, 0.717) is 33.9 Å². The molecular weight excluding hydrogens is 409 g/mol. The van der Waals surface area contributed by atoms with Crippen LogP contribution in [0.3, 0.4) is 0 Å². The molecule has 3 aromatic rings. The second kappa shape index (κ2) is 7.81. The molecule has 158 valence electrons. The van der Waals surface area contributed by atoms with Crippen LogP contribution < -0.4 is 5.32 Å². The van der Waals surface area contributed by atoms with Crippen LogP contribution in [0.5, 0.6) is 0 Å². The first-order chi connectivity index (χ1) is 14.4. The highest BCUT2D eigenvalue weighted by Crippen LogP contribution is 2.40. The van der Waals surface area contributed by atoms with Gasteiger partial charge in [0, 0.05) is 30.6 Å². The van der Waals surface area contributed by atoms with E-state index in [0.717, 1.165) is 31.0 Å². The average Bonchev–Trinajstić information content (AvgIpc) is 3.19. The molecule has 2 unspecified atom stereocenters. The number of fused-ring (bicyclic) bond motifs is 3. The van der Waals surface area contributed by atoms with Gasteiger partial charge in [-0.25, -0.2) is 9.97 Å². The number of thiophene rings is 1. The summed E-state index contributed by atoms with van der Waals surface area (Å²) in [5.74, 6) is 1.71. The largest absolute Gasteiger partial charge is 0.393 e. The summed E-state index contributed by atoms with van der Waals surface area (Å²) < 4.78 is 38.4. The van der Waals surface area contributed by atoms with E-state index >= 15 is 0 Å². The summed E-state index contributed by atoms with van der Waals surface area (Å²) >= 11 is 1.10. The van der Waals surface area contributed by atoms with Crippen molar-refractivity contribution in [3.05, 3.63) is 53.2 Å². The van der Waals surface area contributed by atoms with Crippen molar-refractivity contribution in [1.29, 1.82) is 0 Å². The number of rotatable bonds is 5. The molecule has 4 nitrogen and oxygen atoms in total. The van der Waals surface area contributed by atoms with Crippen LogP contribution in [0.4, 0.5) is 19.0 Å². The van der Waals surface area contributed by atoms with Crippen LogP contribution in [-0.2, 0) is 13.0 Å². The summed E-state index contributed by atoms with van der Waals surface area (Å²) in [6, 6.07) is 12.4. The Morgan fingerprint density at radius 3 is 2.50 bits per heavy atom. The molecule has 2 bridgehead atoms. The van der Waals surface area contributed by atoms with E-state index in [1.165, 1.54) is 24.7 Å². The van der Waals surface area contributed by atoms with Gasteiger partial charge in [0.2, 0.25) is 0 Å². The Bertz CT molecular complexity index is 1010. The van der Waals surface area contributed by atoms with Gasteiger partial charge >= 0.3 is 6.18 Å². The van der Waals surface area contributed by atoms with E-state index in [1.807, 2.05) is 6.07 Å². The number of nitrogens with one attached hydrogen (secondary N) is 1. The van der Waals surface area contributed by atoms with Gasteiger partial charge in [0.1, 0.15) is 17.0 Å². The van der Waals surface area contributed by atoms with Crippen LogP contribution >= 0.6 is 11.3 Å². The summed E-state index contributed by atoms with van der Waals surface area (Å²) in [6.45, 7) is 3.02. The summed E-state index contributed by atoms with van der Waals surface area (Å²) in [5, 5.41) is 4.30. The van der Waals surface area contributed by atoms with E-state index in [1.54, 1.807) is 6.07 Å². The lowest BCUT2D eigenvalue weighted by Crippen LogP contribution is -2.47. The fourth-order valence-corrected chi connectivity index (χ4v) is 6.02. The van der Waals surface area contributed by atoms with Crippen LogP contribution in [0.1, 0.15) is 23.3 Å². The standard InChI is InChI=1S/C22H23F3N4S/c23-22(24,25)9-17-8-18-20(26-13-27-21(18)30-17)28-19-15-6-7-16(19)12-29(11-15)10-14-4-2-1-3-5-14/h1-5,8,13,15-16,19H,6-7,9-12H2,(H,26,27,28). The lowest BCUT2D eigenvalue weighted by Gasteiger charge is -2.38. The van der Waals surface area contributed by atoms with Crippen LogP contribution in [0, 0.1) is 11.8 Å². The number of halogens is 3.